The Hall–Kier alpha value is -0.0400. The Bertz CT molecular complexity index is 183. The second-order valence-electron chi connectivity index (χ2n) is 4.94. The molecule has 0 radical (unpaired) electrons. The summed E-state index contributed by atoms with van der Waals surface area (Å²) < 4.78 is 0. The summed E-state index contributed by atoms with van der Waals surface area (Å²) in [5, 5.41) is 0. The summed E-state index contributed by atoms with van der Waals surface area (Å²) >= 11 is 0. The molecule has 1 nitrogen and oxygen atoms in total. The van der Waals surface area contributed by atoms with E-state index >= 15 is 0 Å². The molecule has 3 fully saturated rings. The molecule has 0 N–H and O–H groups in total. The molecule has 0 aromatic carbocycles. The molecule has 0 aromatic heterocycles. The van der Waals surface area contributed by atoms with E-state index in [0.29, 0.717) is 0 Å². The van der Waals surface area contributed by atoms with Crippen LogP contribution >= 0.6 is 0 Å². The van der Waals surface area contributed by atoms with Crippen LogP contribution in [0, 0.1) is 5.92 Å². The predicted octanol–water partition coefficient (Wildman–Crippen LogP) is 2.41. The van der Waals surface area contributed by atoms with E-state index in [2.05, 4.69) is 4.90 Å². The Morgan fingerprint density at radius 1 is 1.00 bits per heavy atom. The first kappa shape index (κ1) is 7.37. The molecular formula is C11H19N. The average molecular weight is 165 g/mol. The standard InChI is InChI=1S/C11H19N/c1-2-6-11(9-10(11)5-1)12-7-3-4-8-12/h10H,1-9H2. The van der Waals surface area contributed by atoms with Gasteiger partial charge in [-0.05, 0) is 51.1 Å². The molecular weight excluding hydrogens is 146 g/mol. The highest BCUT2D eigenvalue weighted by atomic mass is 15.3. The Labute approximate surface area is 75.1 Å². The summed E-state index contributed by atoms with van der Waals surface area (Å²) in [7, 11) is 0. The molecule has 2 unspecified atom stereocenters. The summed E-state index contributed by atoms with van der Waals surface area (Å²) in [5.41, 5.74) is 0.759. The van der Waals surface area contributed by atoms with Crippen LogP contribution in [0.4, 0.5) is 0 Å². The molecule has 12 heavy (non-hydrogen) atoms. The van der Waals surface area contributed by atoms with Gasteiger partial charge in [-0.25, -0.2) is 0 Å². The van der Waals surface area contributed by atoms with Crippen molar-refractivity contribution in [3.63, 3.8) is 0 Å². The van der Waals surface area contributed by atoms with Crippen molar-refractivity contribution in [2.75, 3.05) is 13.1 Å². The first-order valence-corrected chi connectivity index (χ1v) is 5.67. The molecule has 0 amide bonds. The SMILES string of the molecule is C1CCC2(N3CCCC3)CC2C1. The zero-order valence-electron chi connectivity index (χ0n) is 7.89. The van der Waals surface area contributed by atoms with E-state index in [1.54, 1.807) is 6.42 Å². The monoisotopic (exact) mass is 165 g/mol. The quantitative estimate of drug-likeness (QED) is 0.577. The van der Waals surface area contributed by atoms with Crippen LogP contribution in [0.25, 0.3) is 0 Å². The molecule has 1 saturated heterocycles. The maximum Gasteiger partial charge on any atom is 0.0241 e. The van der Waals surface area contributed by atoms with Gasteiger partial charge in [-0.2, -0.15) is 0 Å². The van der Waals surface area contributed by atoms with Crippen molar-refractivity contribution in [1.29, 1.82) is 0 Å². The smallest absolute Gasteiger partial charge is 0.0241 e. The highest BCUT2D eigenvalue weighted by Crippen LogP contribution is 2.58. The van der Waals surface area contributed by atoms with Crippen LogP contribution in [-0.2, 0) is 0 Å². The molecule has 2 atom stereocenters. The van der Waals surface area contributed by atoms with Crippen LogP contribution in [0.2, 0.25) is 0 Å². The van der Waals surface area contributed by atoms with Crippen LogP contribution < -0.4 is 0 Å². The van der Waals surface area contributed by atoms with Crippen LogP contribution in [0.1, 0.15) is 44.9 Å². The Kier molecular flexibility index (Phi) is 1.52. The number of hydrogen-bond donors (Lipinski definition) is 0. The summed E-state index contributed by atoms with van der Waals surface area (Å²) in [6.45, 7) is 2.83. The van der Waals surface area contributed by atoms with Crippen molar-refractivity contribution in [2.45, 2.75) is 50.5 Å². The van der Waals surface area contributed by atoms with Crippen LogP contribution in [0.15, 0.2) is 0 Å². The maximum atomic E-state index is 2.82. The minimum absolute atomic E-state index is 0.759. The summed E-state index contributed by atoms with van der Waals surface area (Å²) in [6, 6.07) is 0. The van der Waals surface area contributed by atoms with Gasteiger partial charge < -0.3 is 0 Å². The van der Waals surface area contributed by atoms with E-state index in [1.807, 2.05) is 0 Å². The summed E-state index contributed by atoms with van der Waals surface area (Å²) in [4.78, 5) is 2.82. The molecule has 0 bridgehead atoms. The van der Waals surface area contributed by atoms with Gasteiger partial charge in [-0.15, -0.1) is 0 Å². The summed E-state index contributed by atoms with van der Waals surface area (Å²) in [6.07, 6.45) is 10.6. The summed E-state index contributed by atoms with van der Waals surface area (Å²) in [5.74, 6) is 1.12. The van der Waals surface area contributed by atoms with Gasteiger partial charge in [0.25, 0.3) is 0 Å². The zero-order chi connectivity index (χ0) is 8.02. The lowest BCUT2D eigenvalue weighted by molar-refractivity contribution is 0.168. The predicted molar refractivity (Wildman–Crippen MR) is 50.1 cm³/mol. The third-order valence-electron chi connectivity index (χ3n) is 4.35. The van der Waals surface area contributed by atoms with Gasteiger partial charge >= 0.3 is 0 Å². The van der Waals surface area contributed by atoms with E-state index in [1.165, 1.54) is 51.6 Å². The molecule has 0 aromatic rings. The van der Waals surface area contributed by atoms with Crippen LogP contribution in [0.3, 0.4) is 0 Å². The van der Waals surface area contributed by atoms with E-state index in [4.69, 9.17) is 0 Å². The maximum absolute atomic E-state index is 2.82. The van der Waals surface area contributed by atoms with E-state index < -0.39 is 0 Å². The third kappa shape index (κ3) is 0.891. The molecule has 2 saturated carbocycles. The first-order valence-electron chi connectivity index (χ1n) is 5.67. The van der Waals surface area contributed by atoms with E-state index in [9.17, 15) is 0 Å². The lowest BCUT2D eigenvalue weighted by Gasteiger charge is -2.31. The molecule has 1 aliphatic heterocycles. The van der Waals surface area contributed by atoms with Crippen molar-refractivity contribution in [1.82, 2.24) is 4.90 Å². The van der Waals surface area contributed by atoms with Gasteiger partial charge in [0, 0.05) is 5.54 Å². The van der Waals surface area contributed by atoms with Crippen molar-refractivity contribution >= 4 is 0 Å². The number of likely N-dealkylation sites (tertiary alicyclic amines) is 1. The molecule has 1 heterocycles. The second kappa shape index (κ2) is 2.47. The molecule has 3 aliphatic rings. The molecule has 68 valence electrons. The minimum atomic E-state index is 0.759. The van der Waals surface area contributed by atoms with Gasteiger partial charge in [0.15, 0.2) is 0 Å². The fourth-order valence-corrected chi connectivity index (χ4v) is 3.57. The van der Waals surface area contributed by atoms with Crippen LogP contribution in [-0.4, -0.2) is 23.5 Å². The van der Waals surface area contributed by atoms with Gasteiger partial charge in [-0.1, -0.05) is 12.8 Å². The second-order valence-corrected chi connectivity index (χ2v) is 4.94. The Morgan fingerprint density at radius 3 is 2.58 bits per heavy atom. The third-order valence-corrected chi connectivity index (χ3v) is 4.35. The van der Waals surface area contributed by atoms with Crippen molar-refractivity contribution in [2.24, 2.45) is 5.92 Å². The lowest BCUT2D eigenvalue weighted by Crippen LogP contribution is -2.38. The normalized spacial score (nSPS) is 47.5. The van der Waals surface area contributed by atoms with E-state index in [0.717, 1.165) is 11.5 Å². The first-order chi connectivity index (χ1) is 5.92. The molecule has 0 spiro atoms. The van der Waals surface area contributed by atoms with Gasteiger partial charge in [-0.3, -0.25) is 4.90 Å². The number of rotatable bonds is 1. The van der Waals surface area contributed by atoms with Crippen molar-refractivity contribution in [3.05, 3.63) is 0 Å². The number of nitrogens with zero attached hydrogens (tertiary/aromatic N) is 1. The minimum Gasteiger partial charge on any atom is -0.297 e. The molecule has 1 heteroatoms. The largest absolute Gasteiger partial charge is 0.297 e. The van der Waals surface area contributed by atoms with Crippen LogP contribution in [0.5, 0.6) is 0 Å². The molecule has 3 rings (SSSR count). The van der Waals surface area contributed by atoms with E-state index in [-0.39, 0.29) is 0 Å². The lowest BCUT2D eigenvalue weighted by atomic mass is 9.94. The molecule has 2 aliphatic carbocycles. The zero-order valence-corrected chi connectivity index (χ0v) is 7.89. The highest BCUT2D eigenvalue weighted by molar-refractivity contribution is 5.13. The highest BCUT2D eigenvalue weighted by Gasteiger charge is 2.58. The van der Waals surface area contributed by atoms with Gasteiger partial charge in [0.1, 0.15) is 0 Å². The topological polar surface area (TPSA) is 3.24 Å². The Morgan fingerprint density at radius 2 is 1.83 bits per heavy atom. The Balaban J connectivity index is 1.74. The average Bonchev–Trinajstić information content (AvgIpc) is 2.59. The number of hydrogen-bond acceptors (Lipinski definition) is 1. The fourth-order valence-electron chi connectivity index (χ4n) is 3.57. The van der Waals surface area contributed by atoms with Crippen molar-refractivity contribution < 1.29 is 0 Å². The van der Waals surface area contributed by atoms with Gasteiger partial charge in [0.2, 0.25) is 0 Å². The number of fused-ring (bicyclic) bond motifs is 1. The fraction of sp³-hybridized carbons (Fsp3) is 1.00. The van der Waals surface area contributed by atoms with Crippen molar-refractivity contribution in [3.8, 4) is 0 Å². The van der Waals surface area contributed by atoms with Gasteiger partial charge in [0.05, 0.1) is 0 Å².